The molecule has 6 nitrogen and oxygen atoms in total. The second kappa shape index (κ2) is 15.4. The molecule has 8 heteroatoms. The van der Waals surface area contributed by atoms with Gasteiger partial charge >= 0.3 is 0 Å². The highest BCUT2D eigenvalue weighted by Gasteiger charge is 2.23. The Morgan fingerprint density at radius 1 is 0.696 bits per heavy atom. The van der Waals surface area contributed by atoms with Gasteiger partial charge in [-0.2, -0.15) is 0 Å². The molecule has 0 fully saturated rings. The number of anilines is 2. The molecule has 0 aliphatic carbocycles. The zero-order valence-corrected chi connectivity index (χ0v) is 27.7. The van der Waals surface area contributed by atoms with E-state index in [1.165, 1.54) is 11.8 Å². The minimum absolute atomic E-state index is 0.0989. The summed E-state index contributed by atoms with van der Waals surface area (Å²) in [6.45, 7) is 4.01. The zero-order valence-electron chi connectivity index (χ0n) is 25.3. The molecule has 1 unspecified atom stereocenters. The number of thioether (sulfide) groups is 1. The van der Waals surface area contributed by atoms with Crippen molar-refractivity contribution in [2.24, 2.45) is 0 Å². The normalized spacial score (nSPS) is 11.8. The Hall–Kier alpha value is -4.92. The van der Waals surface area contributed by atoms with Gasteiger partial charge in [0.05, 0.1) is 0 Å². The van der Waals surface area contributed by atoms with Gasteiger partial charge in [-0.1, -0.05) is 82.7 Å². The van der Waals surface area contributed by atoms with Gasteiger partial charge in [0.1, 0.15) is 10.9 Å². The average Bonchev–Trinajstić information content (AvgIpc) is 3.05. The van der Waals surface area contributed by atoms with E-state index in [1.807, 2.05) is 98.8 Å². The molecule has 0 aliphatic heterocycles. The van der Waals surface area contributed by atoms with Crippen LogP contribution in [0.5, 0.6) is 0 Å². The summed E-state index contributed by atoms with van der Waals surface area (Å²) in [5.41, 5.74) is 5.62. The third-order valence-corrected chi connectivity index (χ3v) is 8.70. The number of hydrogen-bond acceptors (Lipinski definition) is 4. The van der Waals surface area contributed by atoms with E-state index in [0.29, 0.717) is 11.3 Å². The lowest BCUT2D eigenvalue weighted by Crippen LogP contribution is -2.30. The number of hydrogen-bond donors (Lipinski definition) is 3. The minimum atomic E-state index is -0.504. The molecule has 0 bridgehead atoms. The average molecular weight is 691 g/mol. The topological polar surface area (TPSA) is 87.3 Å². The summed E-state index contributed by atoms with van der Waals surface area (Å²) in [4.78, 5) is 40.8. The van der Waals surface area contributed by atoms with Crippen LogP contribution in [0.25, 0.3) is 6.08 Å². The van der Waals surface area contributed by atoms with E-state index >= 15 is 0 Å². The zero-order chi connectivity index (χ0) is 32.5. The van der Waals surface area contributed by atoms with Gasteiger partial charge in [0.2, 0.25) is 5.91 Å². The molecule has 5 rings (SSSR count). The molecule has 230 valence electrons. The van der Waals surface area contributed by atoms with E-state index in [9.17, 15) is 14.4 Å². The summed E-state index contributed by atoms with van der Waals surface area (Å²) in [6, 6.07) is 39.0. The molecule has 0 saturated heterocycles. The Kier molecular flexibility index (Phi) is 10.9. The maximum absolute atomic E-state index is 13.6. The highest BCUT2D eigenvalue weighted by Crippen LogP contribution is 2.37. The smallest absolute Gasteiger partial charge is 0.272 e. The molecule has 0 aromatic heterocycles. The van der Waals surface area contributed by atoms with Crippen LogP contribution < -0.4 is 16.0 Å². The van der Waals surface area contributed by atoms with Gasteiger partial charge in [0.25, 0.3) is 11.8 Å². The lowest BCUT2D eigenvalue weighted by atomic mass is 10.1. The third kappa shape index (κ3) is 9.06. The Balaban J connectivity index is 1.33. The van der Waals surface area contributed by atoms with Gasteiger partial charge in [-0.3, -0.25) is 14.4 Å². The molecule has 0 radical (unpaired) electrons. The van der Waals surface area contributed by atoms with E-state index in [1.54, 1.807) is 42.5 Å². The molecule has 46 heavy (non-hydrogen) atoms. The maximum atomic E-state index is 13.6. The highest BCUT2D eigenvalue weighted by molar-refractivity contribution is 9.10. The van der Waals surface area contributed by atoms with Crippen molar-refractivity contribution in [3.63, 3.8) is 0 Å². The number of carbonyl (C=O) groups excluding carboxylic acids is 3. The molecular weight excluding hydrogens is 658 g/mol. The van der Waals surface area contributed by atoms with Crippen LogP contribution in [0, 0.1) is 13.8 Å². The van der Waals surface area contributed by atoms with E-state index < -0.39 is 17.1 Å². The molecule has 5 aromatic rings. The van der Waals surface area contributed by atoms with Crippen molar-refractivity contribution in [3.8, 4) is 0 Å². The van der Waals surface area contributed by atoms with Crippen LogP contribution in [-0.4, -0.2) is 17.7 Å². The molecular formula is C38H32BrN3O3S. The molecule has 0 heterocycles. The van der Waals surface area contributed by atoms with Crippen LogP contribution in [-0.2, 0) is 9.59 Å². The predicted molar refractivity (Wildman–Crippen MR) is 191 cm³/mol. The van der Waals surface area contributed by atoms with Crippen molar-refractivity contribution < 1.29 is 14.4 Å². The summed E-state index contributed by atoms with van der Waals surface area (Å²) in [5.74, 6) is -0.991. The van der Waals surface area contributed by atoms with E-state index in [2.05, 4.69) is 37.9 Å². The Labute approximate surface area is 281 Å². The third-order valence-electron chi connectivity index (χ3n) is 6.91. The van der Waals surface area contributed by atoms with Crippen molar-refractivity contribution >= 4 is 62.9 Å². The van der Waals surface area contributed by atoms with Gasteiger partial charge in [0.15, 0.2) is 0 Å². The largest absolute Gasteiger partial charge is 0.325 e. The van der Waals surface area contributed by atoms with Gasteiger partial charge < -0.3 is 16.0 Å². The molecule has 1 atom stereocenters. The van der Waals surface area contributed by atoms with Crippen molar-refractivity contribution in [2.75, 3.05) is 10.6 Å². The van der Waals surface area contributed by atoms with Crippen LogP contribution in [0.3, 0.4) is 0 Å². The number of amides is 3. The van der Waals surface area contributed by atoms with Crippen molar-refractivity contribution in [1.82, 2.24) is 5.32 Å². The van der Waals surface area contributed by atoms with E-state index in [-0.39, 0.29) is 11.6 Å². The van der Waals surface area contributed by atoms with Gasteiger partial charge in [-0.05, 0) is 103 Å². The highest BCUT2D eigenvalue weighted by atomic mass is 79.9. The first kappa shape index (κ1) is 32.5. The fraction of sp³-hybridized carbons (Fsp3) is 0.0789. The minimum Gasteiger partial charge on any atom is -0.325 e. The summed E-state index contributed by atoms with van der Waals surface area (Å²) < 4.78 is 0.902. The first-order valence-corrected chi connectivity index (χ1v) is 16.3. The second-order valence-corrected chi connectivity index (χ2v) is 12.8. The molecule has 0 spiro atoms. The lowest BCUT2D eigenvalue weighted by molar-refractivity contribution is -0.116. The Bertz CT molecular complexity index is 1840. The number of nitrogens with one attached hydrogen (secondary N) is 3. The van der Waals surface area contributed by atoms with Crippen LogP contribution >= 0.6 is 27.7 Å². The maximum Gasteiger partial charge on any atom is 0.272 e. The van der Waals surface area contributed by atoms with Gasteiger partial charge in [-0.15, -0.1) is 11.8 Å². The fourth-order valence-electron chi connectivity index (χ4n) is 4.77. The van der Waals surface area contributed by atoms with Crippen LogP contribution in [0.2, 0.25) is 0 Å². The van der Waals surface area contributed by atoms with Crippen LogP contribution in [0.1, 0.15) is 37.9 Å². The Morgan fingerprint density at radius 2 is 1.30 bits per heavy atom. The first-order chi connectivity index (χ1) is 22.2. The van der Waals surface area contributed by atoms with Crippen molar-refractivity contribution in [2.45, 2.75) is 24.0 Å². The van der Waals surface area contributed by atoms with Gasteiger partial charge in [-0.25, -0.2) is 0 Å². The molecule has 3 N–H and O–H groups in total. The number of rotatable bonds is 10. The number of carbonyl (C=O) groups is 3. The monoisotopic (exact) mass is 689 g/mol. The fourth-order valence-corrected chi connectivity index (χ4v) is 6.06. The number of halogens is 1. The van der Waals surface area contributed by atoms with Crippen LogP contribution in [0.4, 0.5) is 11.4 Å². The predicted octanol–water partition coefficient (Wildman–Crippen LogP) is 8.95. The van der Waals surface area contributed by atoms with Crippen molar-refractivity contribution in [1.29, 1.82) is 0 Å². The van der Waals surface area contributed by atoms with E-state index in [0.717, 1.165) is 37.3 Å². The molecule has 5 aromatic carbocycles. The SMILES string of the molecule is Cc1cc(C)cc(NC(=O)C(Sc2ccc(NC(=O)/C(=C/c3ccc(Br)cc3)NC(=O)c3ccccc3)cc2)c2ccccc2)c1. The van der Waals surface area contributed by atoms with Crippen molar-refractivity contribution in [3.05, 3.63) is 165 Å². The van der Waals surface area contributed by atoms with E-state index in [4.69, 9.17) is 0 Å². The number of aryl methyl sites for hydroxylation is 2. The molecule has 0 saturated carbocycles. The summed E-state index contributed by atoms with van der Waals surface area (Å²) in [5, 5.41) is 8.23. The summed E-state index contributed by atoms with van der Waals surface area (Å²) >= 11 is 4.85. The molecule has 3 amide bonds. The molecule has 0 aliphatic rings. The summed E-state index contributed by atoms with van der Waals surface area (Å²) in [6.07, 6.45) is 1.63. The second-order valence-electron chi connectivity index (χ2n) is 10.7. The van der Waals surface area contributed by atoms with Gasteiger partial charge in [0, 0.05) is 26.3 Å². The number of benzene rings is 5. The Morgan fingerprint density at radius 3 is 1.93 bits per heavy atom. The van der Waals surface area contributed by atoms with Crippen LogP contribution in [0.15, 0.2) is 142 Å². The standard InChI is InChI=1S/C38H32BrN3O3S/c1-25-21-26(2)23-32(22-25)41-38(45)35(28-9-5-3-6-10-28)46-33-19-17-31(18-20-33)40-37(44)34(24-27-13-15-30(39)16-14-27)42-36(43)29-11-7-4-8-12-29/h3-24,35H,1-2H3,(H,40,44)(H,41,45)(H,42,43)/b34-24-. The lowest BCUT2D eigenvalue weighted by Gasteiger charge is -2.18. The quantitative estimate of drug-likeness (QED) is 0.101. The first-order valence-electron chi connectivity index (χ1n) is 14.6. The summed E-state index contributed by atoms with van der Waals surface area (Å²) in [7, 11) is 0.